The highest BCUT2D eigenvalue weighted by atomic mass is 35.5. The summed E-state index contributed by atoms with van der Waals surface area (Å²) in [6, 6.07) is 6.42. The monoisotopic (exact) mass is 566 g/mol. The number of carbonyl (C=O) groups excluding carboxylic acids is 2. The van der Waals surface area contributed by atoms with Crippen molar-refractivity contribution < 1.29 is 35.9 Å². The van der Waals surface area contributed by atoms with Crippen molar-refractivity contribution in [3.8, 4) is 0 Å². The summed E-state index contributed by atoms with van der Waals surface area (Å²) in [4.78, 5) is 24.8. The van der Waals surface area contributed by atoms with Crippen LogP contribution in [0, 0.1) is 5.92 Å². The number of amides is 2. The maximum Gasteiger partial charge on any atom is 0.417 e. The summed E-state index contributed by atoms with van der Waals surface area (Å²) in [5.74, 6) is -3.85. The molecule has 0 unspecified atom stereocenters. The average molecular weight is 568 g/mol. The number of nitrogens with one attached hydrogen (secondary N) is 2. The lowest BCUT2D eigenvalue weighted by atomic mass is 10.1. The molecule has 0 heterocycles. The number of hydrogen-bond donors (Lipinski definition) is 2. The first kappa shape index (κ1) is 26.7. The van der Waals surface area contributed by atoms with Gasteiger partial charge in [0.2, 0.25) is 5.91 Å². The predicted molar refractivity (Wildman–Crippen MR) is 116 cm³/mol. The van der Waals surface area contributed by atoms with Crippen molar-refractivity contribution >= 4 is 63.9 Å². The third kappa shape index (κ3) is 5.84. The van der Waals surface area contributed by atoms with Gasteiger partial charge in [-0.1, -0.05) is 29.3 Å². The Bertz CT molecular complexity index is 1140. The first-order valence-electron chi connectivity index (χ1n) is 9.22. The fourth-order valence-electron chi connectivity index (χ4n) is 3.30. The molecule has 1 aliphatic rings. The van der Waals surface area contributed by atoms with Gasteiger partial charge in [0.25, 0.3) is 5.91 Å². The van der Waals surface area contributed by atoms with Crippen molar-refractivity contribution in [3.05, 3.63) is 63.1 Å². The lowest BCUT2D eigenvalue weighted by Gasteiger charge is -2.11. The van der Waals surface area contributed by atoms with E-state index in [2.05, 4.69) is 5.32 Å². The molecule has 184 valence electrons. The summed E-state index contributed by atoms with van der Waals surface area (Å²) in [5, 5.41) is 3.33. The molecule has 0 aliphatic heterocycles. The van der Waals surface area contributed by atoms with Crippen LogP contribution in [0.4, 0.5) is 32.0 Å². The van der Waals surface area contributed by atoms with E-state index < -0.39 is 57.5 Å². The van der Waals surface area contributed by atoms with E-state index in [1.54, 1.807) is 5.32 Å². The van der Waals surface area contributed by atoms with E-state index in [-0.39, 0.29) is 21.8 Å². The van der Waals surface area contributed by atoms with Crippen molar-refractivity contribution in [2.24, 2.45) is 5.92 Å². The molecule has 2 aromatic rings. The van der Waals surface area contributed by atoms with Gasteiger partial charge in [0.15, 0.2) is 0 Å². The summed E-state index contributed by atoms with van der Waals surface area (Å²) >= 11 is 24.0. The van der Waals surface area contributed by atoms with E-state index in [0.29, 0.717) is 0 Å². The van der Waals surface area contributed by atoms with Gasteiger partial charge in [0.1, 0.15) is 10.9 Å². The molecule has 1 saturated carbocycles. The lowest BCUT2D eigenvalue weighted by Crippen LogP contribution is -2.33. The van der Waals surface area contributed by atoms with Crippen LogP contribution in [-0.4, -0.2) is 28.9 Å². The minimum absolute atomic E-state index is 0.00629. The van der Waals surface area contributed by atoms with Crippen molar-refractivity contribution in [2.45, 2.75) is 22.6 Å². The Labute approximate surface area is 208 Å². The van der Waals surface area contributed by atoms with Gasteiger partial charge in [-0.15, -0.1) is 23.2 Å². The third-order valence-electron chi connectivity index (χ3n) is 4.92. The van der Waals surface area contributed by atoms with Crippen LogP contribution in [0.15, 0.2) is 36.4 Å². The molecule has 0 spiro atoms. The molecule has 14 heteroatoms. The van der Waals surface area contributed by atoms with E-state index in [9.17, 15) is 35.9 Å². The number of anilines is 1. The smallest absolute Gasteiger partial charge is 0.343 e. The summed E-state index contributed by atoms with van der Waals surface area (Å²) in [5.41, 5.74) is -1.18. The number of halogens is 10. The molecule has 3 rings (SSSR count). The van der Waals surface area contributed by atoms with Crippen LogP contribution >= 0.6 is 46.4 Å². The molecular formula is C20H12Cl4F6N2O2. The standard InChI is InChI=1S/C20H12Cl4F6N2O2/c21-12-4-2-9(6-10(12)16(33)31-7-18(25,26)27)32-17(34)15-14(19(15,23)24)8-1-3-11(13(22)5-8)20(28,29)30/h1-6,14-15H,7H2,(H,31,33)(H,32,34)/t14-,15+/m0/s1. The molecule has 0 bridgehead atoms. The van der Waals surface area contributed by atoms with Gasteiger partial charge in [-0.3, -0.25) is 9.59 Å². The van der Waals surface area contributed by atoms with Gasteiger partial charge < -0.3 is 10.6 Å². The van der Waals surface area contributed by atoms with Gasteiger partial charge in [0.05, 0.1) is 27.1 Å². The van der Waals surface area contributed by atoms with Crippen LogP contribution in [0.1, 0.15) is 27.4 Å². The summed E-state index contributed by atoms with van der Waals surface area (Å²) < 4.78 is 74.1. The van der Waals surface area contributed by atoms with Gasteiger partial charge in [-0.05, 0) is 35.9 Å². The molecule has 4 nitrogen and oxygen atoms in total. The Balaban J connectivity index is 1.76. The van der Waals surface area contributed by atoms with E-state index in [0.717, 1.165) is 24.3 Å². The molecule has 34 heavy (non-hydrogen) atoms. The van der Waals surface area contributed by atoms with Crippen LogP contribution in [0.25, 0.3) is 0 Å². The largest absolute Gasteiger partial charge is 0.417 e. The highest BCUT2D eigenvalue weighted by molar-refractivity contribution is 6.53. The molecule has 0 saturated heterocycles. The first-order valence-corrected chi connectivity index (χ1v) is 10.7. The van der Waals surface area contributed by atoms with Crippen molar-refractivity contribution in [3.63, 3.8) is 0 Å². The molecule has 0 radical (unpaired) electrons. The second-order valence-electron chi connectivity index (χ2n) is 7.35. The maximum absolute atomic E-state index is 12.9. The van der Waals surface area contributed by atoms with Gasteiger partial charge in [0, 0.05) is 11.6 Å². The molecule has 2 N–H and O–H groups in total. The Morgan fingerprint density at radius 2 is 1.59 bits per heavy atom. The van der Waals surface area contributed by atoms with Gasteiger partial charge in [-0.25, -0.2) is 0 Å². The summed E-state index contributed by atoms with van der Waals surface area (Å²) in [6.07, 6.45) is -9.31. The minimum Gasteiger partial charge on any atom is -0.343 e. The number of hydrogen-bond acceptors (Lipinski definition) is 2. The quantitative estimate of drug-likeness (QED) is 0.307. The Morgan fingerprint density at radius 3 is 2.15 bits per heavy atom. The second kappa shape index (κ2) is 9.29. The zero-order valence-electron chi connectivity index (χ0n) is 16.4. The Kier molecular flexibility index (Phi) is 7.30. The number of alkyl halides is 8. The molecule has 2 atom stereocenters. The zero-order chi connectivity index (χ0) is 25.6. The Hall–Kier alpha value is -1.88. The van der Waals surface area contributed by atoms with Crippen molar-refractivity contribution in [1.29, 1.82) is 0 Å². The molecule has 2 aromatic carbocycles. The molecule has 1 aliphatic carbocycles. The number of carbonyl (C=O) groups is 2. The number of benzene rings is 2. The number of rotatable bonds is 5. The molecule has 1 fully saturated rings. The normalized spacial score (nSPS) is 19.5. The second-order valence-corrected chi connectivity index (χ2v) is 9.61. The van der Waals surface area contributed by atoms with Crippen LogP contribution < -0.4 is 10.6 Å². The fourth-order valence-corrected chi connectivity index (χ4v) is 4.62. The fraction of sp³-hybridized carbons (Fsp3) is 0.300. The highest BCUT2D eigenvalue weighted by Crippen LogP contribution is 2.65. The average Bonchev–Trinajstić information content (AvgIpc) is 3.28. The molecule has 0 aromatic heterocycles. The van der Waals surface area contributed by atoms with Crippen LogP contribution in [0.2, 0.25) is 10.0 Å². The SMILES string of the molecule is O=C(NCC(F)(F)F)c1cc(NC(=O)[C@H]2[C@H](c3ccc(C(F)(F)F)c(Cl)c3)C2(Cl)Cl)ccc1Cl. The lowest BCUT2D eigenvalue weighted by molar-refractivity contribution is -0.137. The first-order chi connectivity index (χ1) is 15.5. The van der Waals surface area contributed by atoms with Crippen LogP contribution in [-0.2, 0) is 11.0 Å². The minimum atomic E-state index is -4.67. The summed E-state index contributed by atoms with van der Waals surface area (Å²) in [6.45, 7) is -1.58. The van der Waals surface area contributed by atoms with Crippen LogP contribution in [0.5, 0.6) is 0 Å². The highest BCUT2D eigenvalue weighted by Gasteiger charge is 2.67. The van der Waals surface area contributed by atoms with E-state index in [1.807, 2.05) is 0 Å². The zero-order valence-corrected chi connectivity index (χ0v) is 19.4. The van der Waals surface area contributed by atoms with E-state index in [1.165, 1.54) is 12.1 Å². The van der Waals surface area contributed by atoms with Gasteiger partial charge in [-0.2, -0.15) is 26.3 Å². The molecular weight excluding hydrogens is 556 g/mol. The van der Waals surface area contributed by atoms with E-state index >= 15 is 0 Å². The third-order valence-corrected chi connectivity index (χ3v) is 6.50. The van der Waals surface area contributed by atoms with Gasteiger partial charge >= 0.3 is 12.4 Å². The maximum atomic E-state index is 12.9. The van der Waals surface area contributed by atoms with Crippen LogP contribution in [0.3, 0.4) is 0 Å². The van der Waals surface area contributed by atoms with Crippen molar-refractivity contribution in [1.82, 2.24) is 5.32 Å². The van der Waals surface area contributed by atoms with E-state index in [4.69, 9.17) is 46.4 Å². The topological polar surface area (TPSA) is 58.2 Å². The molecule has 2 amide bonds. The Morgan fingerprint density at radius 1 is 0.941 bits per heavy atom. The van der Waals surface area contributed by atoms with Crippen molar-refractivity contribution in [2.75, 3.05) is 11.9 Å². The predicted octanol–water partition coefficient (Wildman–Crippen LogP) is 6.83. The summed E-state index contributed by atoms with van der Waals surface area (Å²) in [7, 11) is 0.